The maximum absolute atomic E-state index is 12.3. The Hall–Kier alpha value is -4.08. The smallest absolute Gasteiger partial charge is 0.311 e. The molecule has 1 atom stereocenters. The Bertz CT molecular complexity index is 1050. The van der Waals surface area contributed by atoms with Gasteiger partial charge < -0.3 is 4.74 Å². The molecule has 3 rings (SSSR count). The third kappa shape index (κ3) is 5.30. The summed E-state index contributed by atoms with van der Waals surface area (Å²) >= 11 is 0. The van der Waals surface area contributed by atoms with Crippen molar-refractivity contribution < 1.29 is 28.8 Å². The number of nitro benzene ring substituents is 1. The molecule has 1 fully saturated rings. The number of amides is 2. The molecule has 0 bridgehead atoms. The number of nitrogens with one attached hydrogen (secondary N) is 1. The molecule has 2 amide bonds. The fourth-order valence-electron chi connectivity index (χ4n) is 3.05. The second kappa shape index (κ2) is 9.16. The van der Waals surface area contributed by atoms with Gasteiger partial charge in [-0.05, 0) is 31.2 Å². The summed E-state index contributed by atoms with van der Waals surface area (Å²) in [4.78, 5) is 58.9. The zero-order chi connectivity index (χ0) is 22.5. The van der Waals surface area contributed by atoms with Crippen LogP contribution < -0.4 is 5.43 Å². The number of esters is 1. The summed E-state index contributed by atoms with van der Waals surface area (Å²) in [6, 6.07) is 11.7. The van der Waals surface area contributed by atoms with E-state index in [0.29, 0.717) is 5.56 Å². The number of Topliss-reactive ketones (excluding diaryl/α,β-unsaturated/α-hetero) is 1. The van der Waals surface area contributed by atoms with Gasteiger partial charge in [0.1, 0.15) is 0 Å². The van der Waals surface area contributed by atoms with E-state index in [4.69, 9.17) is 4.74 Å². The lowest BCUT2D eigenvalue weighted by Crippen LogP contribution is -2.43. The van der Waals surface area contributed by atoms with E-state index in [1.54, 1.807) is 18.2 Å². The van der Waals surface area contributed by atoms with Gasteiger partial charge in [-0.25, -0.2) is 0 Å². The van der Waals surface area contributed by atoms with E-state index in [-0.39, 0.29) is 24.2 Å². The van der Waals surface area contributed by atoms with E-state index >= 15 is 0 Å². The zero-order valence-electron chi connectivity index (χ0n) is 16.6. The number of hydrogen-bond acceptors (Lipinski definition) is 7. The lowest BCUT2D eigenvalue weighted by atomic mass is 10.1. The largest absolute Gasteiger partial charge is 0.457 e. The Kier molecular flexibility index (Phi) is 6.39. The first-order valence-corrected chi connectivity index (χ1v) is 9.37. The number of non-ortho nitro benzene ring substituents is 1. The van der Waals surface area contributed by atoms with Gasteiger partial charge in [-0.1, -0.05) is 17.7 Å². The molecule has 0 spiro atoms. The van der Waals surface area contributed by atoms with Crippen molar-refractivity contribution in [3.63, 3.8) is 0 Å². The highest BCUT2D eigenvalue weighted by molar-refractivity contribution is 5.99. The summed E-state index contributed by atoms with van der Waals surface area (Å²) in [5.74, 6) is -3.01. The van der Waals surface area contributed by atoms with Gasteiger partial charge in [0.2, 0.25) is 5.91 Å². The molecule has 1 aliphatic heterocycles. The number of hydrogen-bond donors (Lipinski definition) is 1. The lowest BCUT2D eigenvalue weighted by Gasteiger charge is -2.17. The van der Waals surface area contributed by atoms with Crippen molar-refractivity contribution in [3.05, 3.63) is 75.3 Å². The first kappa shape index (κ1) is 21.6. The first-order chi connectivity index (χ1) is 14.7. The Balaban J connectivity index is 1.52. The van der Waals surface area contributed by atoms with Crippen LogP contribution >= 0.6 is 0 Å². The number of benzene rings is 2. The molecule has 0 unspecified atom stereocenters. The average molecular weight is 425 g/mol. The van der Waals surface area contributed by atoms with Gasteiger partial charge in [-0.3, -0.25) is 39.7 Å². The summed E-state index contributed by atoms with van der Waals surface area (Å²) in [5, 5.41) is 11.7. The molecular weight excluding hydrogens is 406 g/mol. The van der Waals surface area contributed by atoms with E-state index in [1.807, 2.05) is 13.0 Å². The highest BCUT2D eigenvalue weighted by atomic mass is 16.6. The summed E-state index contributed by atoms with van der Waals surface area (Å²) in [6.45, 7) is 1.21. The van der Waals surface area contributed by atoms with Crippen molar-refractivity contribution in [1.82, 2.24) is 10.4 Å². The number of hydrazine groups is 1. The SMILES string of the molecule is Cc1cccc(C(=O)NN2C[C@H](C(=O)OCC(=O)c3ccc([N+](=O)[O-])cc3)CC2=O)c1. The normalized spacial score (nSPS) is 15.5. The van der Waals surface area contributed by atoms with Crippen LogP contribution in [0.5, 0.6) is 0 Å². The summed E-state index contributed by atoms with van der Waals surface area (Å²) in [6.07, 6.45) is -0.154. The minimum absolute atomic E-state index is 0.0685. The summed E-state index contributed by atoms with van der Waals surface area (Å²) in [7, 11) is 0. The fraction of sp³-hybridized carbons (Fsp3) is 0.238. The zero-order valence-corrected chi connectivity index (χ0v) is 16.6. The monoisotopic (exact) mass is 425 g/mol. The van der Waals surface area contributed by atoms with E-state index in [1.165, 1.54) is 24.3 Å². The lowest BCUT2D eigenvalue weighted by molar-refractivity contribution is -0.384. The van der Waals surface area contributed by atoms with Gasteiger partial charge in [0.25, 0.3) is 11.6 Å². The quantitative estimate of drug-likeness (QED) is 0.309. The number of nitrogens with zero attached hydrogens (tertiary/aromatic N) is 2. The number of nitro groups is 1. The van der Waals surface area contributed by atoms with Crippen LogP contribution in [-0.2, 0) is 14.3 Å². The van der Waals surface area contributed by atoms with Gasteiger partial charge >= 0.3 is 5.97 Å². The standard InChI is InChI=1S/C21H19N3O7/c1-13-3-2-4-15(9-13)20(27)22-23-11-16(10-19(23)26)21(28)31-12-18(25)14-5-7-17(8-6-14)24(29)30/h2-9,16H,10-12H2,1H3,(H,22,27)/t16-/m1/s1. The van der Waals surface area contributed by atoms with Gasteiger partial charge in [-0.15, -0.1) is 0 Å². The van der Waals surface area contributed by atoms with Crippen molar-refractivity contribution in [3.8, 4) is 0 Å². The number of aryl methyl sites for hydroxylation is 1. The third-order valence-corrected chi connectivity index (χ3v) is 4.72. The van der Waals surface area contributed by atoms with Gasteiger partial charge in [-0.2, -0.15) is 0 Å². The van der Waals surface area contributed by atoms with Gasteiger partial charge in [0, 0.05) is 29.7 Å². The molecule has 0 aromatic heterocycles. The molecular formula is C21H19N3O7. The third-order valence-electron chi connectivity index (χ3n) is 4.72. The van der Waals surface area contributed by atoms with E-state index in [2.05, 4.69) is 5.43 Å². The first-order valence-electron chi connectivity index (χ1n) is 9.37. The van der Waals surface area contributed by atoms with Crippen LogP contribution in [0.25, 0.3) is 0 Å². The minimum Gasteiger partial charge on any atom is -0.457 e. The average Bonchev–Trinajstić information content (AvgIpc) is 3.12. The van der Waals surface area contributed by atoms with Gasteiger partial charge in [0.15, 0.2) is 12.4 Å². The molecule has 160 valence electrons. The molecule has 1 saturated heterocycles. The Morgan fingerprint density at radius 1 is 1.16 bits per heavy atom. The predicted octanol–water partition coefficient (Wildman–Crippen LogP) is 1.82. The summed E-state index contributed by atoms with van der Waals surface area (Å²) < 4.78 is 5.01. The Morgan fingerprint density at radius 2 is 1.87 bits per heavy atom. The van der Waals surface area contributed by atoms with Crippen molar-refractivity contribution >= 4 is 29.3 Å². The Labute approximate surface area is 176 Å². The number of ketones is 1. The second-order valence-corrected chi connectivity index (χ2v) is 7.05. The van der Waals surface area contributed by atoms with E-state index < -0.39 is 41.0 Å². The second-order valence-electron chi connectivity index (χ2n) is 7.05. The molecule has 2 aromatic rings. The van der Waals surface area contributed by atoms with Crippen LogP contribution in [0.1, 0.15) is 32.7 Å². The van der Waals surface area contributed by atoms with Crippen LogP contribution in [-0.4, -0.2) is 46.7 Å². The molecule has 10 heteroatoms. The molecule has 2 aromatic carbocycles. The van der Waals surface area contributed by atoms with Gasteiger partial charge in [0.05, 0.1) is 17.4 Å². The van der Waals surface area contributed by atoms with Crippen LogP contribution in [0, 0.1) is 23.0 Å². The maximum Gasteiger partial charge on any atom is 0.311 e. The molecule has 1 aliphatic rings. The minimum atomic E-state index is -0.824. The molecule has 0 saturated carbocycles. The van der Waals surface area contributed by atoms with Crippen LogP contribution in [0.3, 0.4) is 0 Å². The molecule has 0 aliphatic carbocycles. The van der Waals surface area contributed by atoms with Crippen molar-refractivity contribution in [1.29, 1.82) is 0 Å². The highest BCUT2D eigenvalue weighted by Gasteiger charge is 2.36. The predicted molar refractivity (Wildman–Crippen MR) is 107 cm³/mol. The Morgan fingerprint density at radius 3 is 2.52 bits per heavy atom. The van der Waals surface area contributed by atoms with Crippen molar-refractivity contribution in [2.24, 2.45) is 5.92 Å². The number of carbonyl (C=O) groups is 4. The van der Waals surface area contributed by atoms with Crippen LogP contribution in [0.15, 0.2) is 48.5 Å². The van der Waals surface area contributed by atoms with Crippen LogP contribution in [0.4, 0.5) is 5.69 Å². The van der Waals surface area contributed by atoms with Crippen molar-refractivity contribution in [2.75, 3.05) is 13.2 Å². The summed E-state index contributed by atoms with van der Waals surface area (Å²) in [5.41, 5.74) is 3.75. The maximum atomic E-state index is 12.3. The number of rotatable bonds is 7. The van der Waals surface area contributed by atoms with Crippen LogP contribution in [0.2, 0.25) is 0 Å². The van der Waals surface area contributed by atoms with Crippen molar-refractivity contribution in [2.45, 2.75) is 13.3 Å². The number of ether oxygens (including phenoxy) is 1. The molecule has 31 heavy (non-hydrogen) atoms. The number of carbonyl (C=O) groups excluding carboxylic acids is 4. The van der Waals surface area contributed by atoms with E-state index in [0.717, 1.165) is 10.6 Å². The molecule has 10 nitrogen and oxygen atoms in total. The molecule has 1 N–H and O–H groups in total. The van der Waals surface area contributed by atoms with E-state index in [9.17, 15) is 29.3 Å². The topological polar surface area (TPSA) is 136 Å². The fourth-order valence-corrected chi connectivity index (χ4v) is 3.05. The molecule has 1 heterocycles. The molecule has 0 radical (unpaired) electrons. The highest BCUT2D eigenvalue weighted by Crippen LogP contribution is 2.19.